The number of nitrogens with zero attached hydrogens (tertiary/aromatic N) is 1. The lowest BCUT2D eigenvalue weighted by atomic mass is 10.2. The number of carbonyl (C=O) groups excluding carboxylic acids is 1. The molecule has 0 unspecified atom stereocenters. The Morgan fingerprint density at radius 3 is 2.60 bits per heavy atom. The minimum atomic E-state index is -1.23. The molecular weight excluding hydrogens is 273 g/mol. The van der Waals surface area contributed by atoms with Gasteiger partial charge in [-0.05, 0) is 18.2 Å². The molecule has 0 spiro atoms. The molecule has 1 heterocycles. The average Bonchev–Trinajstić information content (AvgIpc) is 2.44. The summed E-state index contributed by atoms with van der Waals surface area (Å²) < 4.78 is 40.2. The summed E-state index contributed by atoms with van der Waals surface area (Å²) in [4.78, 5) is 15.4. The van der Waals surface area contributed by atoms with E-state index in [1.54, 1.807) is 0 Å². The minimum absolute atomic E-state index is 0.336. The van der Waals surface area contributed by atoms with Crippen molar-refractivity contribution in [3.05, 3.63) is 53.5 Å². The SMILES string of the molecule is NNc1nccc(C(=O)Nc2cccc(F)c2F)c1F. The van der Waals surface area contributed by atoms with Gasteiger partial charge in [0.15, 0.2) is 23.3 Å². The van der Waals surface area contributed by atoms with E-state index in [1.165, 1.54) is 6.07 Å². The Bertz CT molecular complexity index is 663. The Kier molecular flexibility index (Phi) is 3.85. The number of carbonyl (C=O) groups is 1. The van der Waals surface area contributed by atoms with Crippen LogP contribution in [0, 0.1) is 17.5 Å². The maximum absolute atomic E-state index is 13.8. The van der Waals surface area contributed by atoms with Gasteiger partial charge in [-0.1, -0.05) is 6.07 Å². The first-order valence-corrected chi connectivity index (χ1v) is 5.41. The highest BCUT2D eigenvalue weighted by molar-refractivity contribution is 6.04. The topological polar surface area (TPSA) is 80.0 Å². The quantitative estimate of drug-likeness (QED) is 0.594. The van der Waals surface area contributed by atoms with E-state index in [0.717, 1.165) is 24.4 Å². The predicted molar refractivity (Wildman–Crippen MR) is 66.3 cm³/mol. The second-order valence-electron chi connectivity index (χ2n) is 3.72. The molecule has 0 aliphatic carbocycles. The van der Waals surface area contributed by atoms with Crippen molar-refractivity contribution in [3.8, 4) is 0 Å². The third-order valence-corrected chi connectivity index (χ3v) is 2.47. The van der Waals surface area contributed by atoms with Crippen LogP contribution in [0.15, 0.2) is 30.5 Å². The Morgan fingerprint density at radius 2 is 1.90 bits per heavy atom. The fourth-order valence-corrected chi connectivity index (χ4v) is 1.51. The molecule has 0 aliphatic heterocycles. The van der Waals surface area contributed by atoms with Crippen LogP contribution in [0.25, 0.3) is 0 Å². The third-order valence-electron chi connectivity index (χ3n) is 2.47. The summed E-state index contributed by atoms with van der Waals surface area (Å²) in [5.41, 5.74) is 1.17. The van der Waals surface area contributed by atoms with Gasteiger partial charge in [0.2, 0.25) is 0 Å². The van der Waals surface area contributed by atoms with Crippen LogP contribution in [0.3, 0.4) is 0 Å². The number of nitrogen functional groups attached to an aromatic ring is 1. The van der Waals surface area contributed by atoms with Crippen molar-refractivity contribution < 1.29 is 18.0 Å². The van der Waals surface area contributed by atoms with Gasteiger partial charge in [0, 0.05) is 6.20 Å². The van der Waals surface area contributed by atoms with Crippen molar-refractivity contribution in [2.24, 2.45) is 5.84 Å². The highest BCUT2D eigenvalue weighted by Crippen LogP contribution is 2.19. The number of nitrogens with two attached hydrogens (primary N) is 1. The molecule has 0 saturated heterocycles. The molecule has 0 fully saturated rings. The molecule has 0 radical (unpaired) electrons. The number of anilines is 2. The van der Waals surface area contributed by atoms with Crippen molar-refractivity contribution >= 4 is 17.4 Å². The van der Waals surface area contributed by atoms with Crippen LogP contribution < -0.4 is 16.6 Å². The molecule has 0 atom stereocenters. The van der Waals surface area contributed by atoms with Crippen LogP contribution in [-0.2, 0) is 0 Å². The molecule has 1 aromatic carbocycles. The first kappa shape index (κ1) is 13.8. The smallest absolute Gasteiger partial charge is 0.258 e. The van der Waals surface area contributed by atoms with Gasteiger partial charge in [-0.2, -0.15) is 0 Å². The minimum Gasteiger partial charge on any atom is -0.319 e. The monoisotopic (exact) mass is 282 g/mol. The molecule has 1 aromatic heterocycles. The summed E-state index contributed by atoms with van der Waals surface area (Å²) in [7, 11) is 0. The molecule has 20 heavy (non-hydrogen) atoms. The third kappa shape index (κ3) is 2.54. The average molecular weight is 282 g/mol. The number of halogens is 3. The largest absolute Gasteiger partial charge is 0.319 e. The molecule has 4 N–H and O–H groups in total. The lowest BCUT2D eigenvalue weighted by Gasteiger charge is -2.09. The summed E-state index contributed by atoms with van der Waals surface area (Å²) in [6, 6.07) is 4.35. The summed E-state index contributed by atoms with van der Waals surface area (Å²) in [5, 5.41) is 2.07. The summed E-state index contributed by atoms with van der Waals surface area (Å²) in [6.45, 7) is 0. The van der Waals surface area contributed by atoms with Crippen molar-refractivity contribution in [1.29, 1.82) is 0 Å². The van der Waals surface area contributed by atoms with Gasteiger partial charge in [0.25, 0.3) is 5.91 Å². The van der Waals surface area contributed by atoms with Gasteiger partial charge in [-0.3, -0.25) is 4.79 Å². The molecule has 1 amide bonds. The van der Waals surface area contributed by atoms with Gasteiger partial charge in [0.05, 0.1) is 11.3 Å². The highest BCUT2D eigenvalue weighted by atomic mass is 19.2. The fourth-order valence-electron chi connectivity index (χ4n) is 1.51. The number of hydrogen-bond acceptors (Lipinski definition) is 4. The predicted octanol–water partition coefficient (Wildman–Crippen LogP) is 2.04. The van der Waals surface area contributed by atoms with Crippen LogP contribution in [0.1, 0.15) is 10.4 Å². The highest BCUT2D eigenvalue weighted by Gasteiger charge is 2.17. The first-order chi connectivity index (χ1) is 9.54. The van der Waals surface area contributed by atoms with E-state index < -0.39 is 34.6 Å². The molecular formula is C12H9F3N4O. The number of hydrazine groups is 1. The van der Waals surface area contributed by atoms with Gasteiger partial charge >= 0.3 is 0 Å². The van der Waals surface area contributed by atoms with E-state index in [0.29, 0.717) is 0 Å². The van der Waals surface area contributed by atoms with Gasteiger partial charge in [-0.25, -0.2) is 24.0 Å². The zero-order valence-electron chi connectivity index (χ0n) is 9.95. The molecule has 5 nitrogen and oxygen atoms in total. The number of benzene rings is 1. The lowest BCUT2D eigenvalue weighted by Crippen LogP contribution is -2.18. The summed E-state index contributed by atoms with van der Waals surface area (Å²) in [6.07, 6.45) is 1.15. The van der Waals surface area contributed by atoms with E-state index in [1.807, 2.05) is 5.43 Å². The number of amides is 1. The molecule has 104 valence electrons. The molecule has 0 bridgehead atoms. The standard InChI is InChI=1S/C12H9F3N4O/c13-7-2-1-3-8(10(7)15)18-12(20)6-4-5-17-11(19-16)9(6)14/h1-5H,16H2,(H,17,19)(H,18,20). The maximum Gasteiger partial charge on any atom is 0.258 e. The molecule has 2 aromatic rings. The summed E-state index contributed by atoms with van der Waals surface area (Å²) in [5.74, 6) is 0.386. The fraction of sp³-hybridized carbons (Fsp3) is 0. The van der Waals surface area contributed by atoms with E-state index >= 15 is 0 Å². The molecule has 0 aliphatic rings. The normalized spacial score (nSPS) is 10.2. The number of rotatable bonds is 3. The van der Waals surface area contributed by atoms with Gasteiger partial charge in [0.1, 0.15) is 0 Å². The van der Waals surface area contributed by atoms with E-state index in [9.17, 15) is 18.0 Å². The van der Waals surface area contributed by atoms with Crippen molar-refractivity contribution in [2.45, 2.75) is 0 Å². The molecule has 2 rings (SSSR count). The Morgan fingerprint density at radius 1 is 1.15 bits per heavy atom. The van der Waals surface area contributed by atoms with Crippen LogP contribution in [0.4, 0.5) is 24.7 Å². The van der Waals surface area contributed by atoms with Crippen LogP contribution in [0.2, 0.25) is 0 Å². The molecule has 8 heteroatoms. The van der Waals surface area contributed by atoms with Crippen molar-refractivity contribution in [3.63, 3.8) is 0 Å². The maximum atomic E-state index is 13.8. The number of aromatic nitrogens is 1. The van der Waals surface area contributed by atoms with E-state index in [2.05, 4.69) is 10.3 Å². The Hall–Kier alpha value is -2.61. The van der Waals surface area contributed by atoms with Crippen molar-refractivity contribution in [2.75, 3.05) is 10.7 Å². The van der Waals surface area contributed by atoms with Gasteiger partial charge < -0.3 is 10.7 Å². The summed E-state index contributed by atoms with van der Waals surface area (Å²) >= 11 is 0. The van der Waals surface area contributed by atoms with E-state index in [-0.39, 0.29) is 5.82 Å². The van der Waals surface area contributed by atoms with Crippen molar-refractivity contribution in [1.82, 2.24) is 4.98 Å². The zero-order valence-corrected chi connectivity index (χ0v) is 9.95. The number of hydrogen-bond donors (Lipinski definition) is 3. The van der Waals surface area contributed by atoms with Crippen LogP contribution in [0.5, 0.6) is 0 Å². The van der Waals surface area contributed by atoms with E-state index in [4.69, 9.17) is 5.84 Å². The zero-order chi connectivity index (χ0) is 14.7. The second-order valence-corrected chi connectivity index (χ2v) is 3.72. The Balaban J connectivity index is 2.31. The Labute approximate surface area is 111 Å². The first-order valence-electron chi connectivity index (χ1n) is 5.41. The number of nitrogens with one attached hydrogen (secondary N) is 2. The van der Waals surface area contributed by atoms with Crippen LogP contribution in [-0.4, -0.2) is 10.9 Å². The molecule has 0 saturated carbocycles. The number of pyridine rings is 1. The lowest BCUT2D eigenvalue weighted by molar-refractivity contribution is 0.102. The van der Waals surface area contributed by atoms with Gasteiger partial charge in [-0.15, -0.1) is 0 Å². The van der Waals surface area contributed by atoms with Crippen LogP contribution >= 0.6 is 0 Å². The second kappa shape index (κ2) is 5.57.